The normalized spacial score (nSPS) is 29.1. The summed E-state index contributed by atoms with van der Waals surface area (Å²) < 4.78 is 5.49. The number of ketones is 1. The smallest absolute Gasteiger partial charge is 0.131 e. The van der Waals surface area contributed by atoms with Crippen LogP contribution >= 0.6 is 0 Å². The highest BCUT2D eigenvalue weighted by molar-refractivity contribution is 5.75. The van der Waals surface area contributed by atoms with Crippen molar-refractivity contribution in [3.63, 3.8) is 0 Å². The molecule has 82 valence electrons. The first kappa shape index (κ1) is 11.7. The first-order chi connectivity index (χ1) is 6.56. The monoisotopic (exact) mass is 199 g/mol. The molecule has 0 aromatic rings. The molecule has 1 saturated heterocycles. The number of carbonyl (C=O) groups excluding carboxylic acids is 1. The molecule has 14 heavy (non-hydrogen) atoms. The Balaban J connectivity index is 2.36. The van der Waals surface area contributed by atoms with Crippen LogP contribution in [0.4, 0.5) is 0 Å². The number of hydrogen-bond donors (Lipinski definition) is 0. The molecule has 0 radical (unpaired) electrons. The molecule has 1 unspecified atom stereocenters. The number of nitrogens with zero attached hydrogens (tertiary/aromatic N) is 1. The van der Waals surface area contributed by atoms with Crippen molar-refractivity contribution in [2.45, 2.75) is 38.7 Å². The molecule has 1 aliphatic heterocycles. The highest BCUT2D eigenvalue weighted by Gasteiger charge is 2.30. The Hall–Kier alpha value is -0.410. The van der Waals surface area contributed by atoms with Crippen LogP contribution in [0, 0.1) is 0 Å². The molecule has 1 rings (SSSR count). The lowest BCUT2D eigenvalue weighted by Crippen LogP contribution is -2.47. The standard InChI is InChI=1S/C11H21NO2/c1-10(13)5-8-12-7-4-6-11(2,9-12)14-3/h4-9H2,1-3H3. The molecule has 1 heterocycles. The van der Waals surface area contributed by atoms with Gasteiger partial charge in [-0.1, -0.05) is 0 Å². The summed E-state index contributed by atoms with van der Waals surface area (Å²) in [7, 11) is 1.77. The van der Waals surface area contributed by atoms with E-state index in [-0.39, 0.29) is 11.4 Å². The minimum atomic E-state index is -0.00492. The average molecular weight is 199 g/mol. The molecule has 0 aromatic carbocycles. The molecule has 0 N–H and O–H groups in total. The van der Waals surface area contributed by atoms with Gasteiger partial charge < -0.3 is 9.64 Å². The third-order valence-corrected chi connectivity index (χ3v) is 3.01. The van der Waals surface area contributed by atoms with Crippen LogP contribution in [0.2, 0.25) is 0 Å². The molecule has 3 nitrogen and oxygen atoms in total. The quantitative estimate of drug-likeness (QED) is 0.686. The first-order valence-corrected chi connectivity index (χ1v) is 5.33. The second kappa shape index (κ2) is 4.89. The van der Waals surface area contributed by atoms with Gasteiger partial charge in [0.1, 0.15) is 5.78 Å². The van der Waals surface area contributed by atoms with Crippen molar-refractivity contribution >= 4 is 5.78 Å². The molecule has 0 aliphatic carbocycles. The summed E-state index contributed by atoms with van der Waals surface area (Å²) in [6, 6.07) is 0. The summed E-state index contributed by atoms with van der Waals surface area (Å²) in [4.78, 5) is 13.2. The maximum absolute atomic E-state index is 10.9. The van der Waals surface area contributed by atoms with Gasteiger partial charge in [0.15, 0.2) is 0 Å². The number of likely N-dealkylation sites (tertiary alicyclic amines) is 1. The average Bonchev–Trinajstić information content (AvgIpc) is 2.15. The number of carbonyl (C=O) groups is 1. The second-order valence-corrected chi connectivity index (χ2v) is 4.49. The minimum Gasteiger partial charge on any atom is -0.377 e. The van der Waals surface area contributed by atoms with Gasteiger partial charge in [0.2, 0.25) is 0 Å². The number of rotatable bonds is 4. The summed E-state index contributed by atoms with van der Waals surface area (Å²) >= 11 is 0. The summed E-state index contributed by atoms with van der Waals surface area (Å²) in [5, 5.41) is 0. The molecule has 3 heteroatoms. The van der Waals surface area contributed by atoms with Gasteiger partial charge in [-0.2, -0.15) is 0 Å². The first-order valence-electron chi connectivity index (χ1n) is 5.33. The van der Waals surface area contributed by atoms with E-state index >= 15 is 0 Å². The van der Waals surface area contributed by atoms with Gasteiger partial charge in [0.25, 0.3) is 0 Å². The molecular weight excluding hydrogens is 178 g/mol. The zero-order chi connectivity index (χ0) is 10.6. The van der Waals surface area contributed by atoms with Crippen molar-refractivity contribution in [1.29, 1.82) is 0 Å². The fraction of sp³-hybridized carbons (Fsp3) is 0.909. The van der Waals surface area contributed by atoms with Crippen LogP contribution in [-0.4, -0.2) is 43.0 Å². The molecule has 1 atom stereocenters. The summed E-state index contributed by atoms with van der Waals surface area (Å²) in [5.74, 6) is 0.273. The van der Waals surface area contributed by atoms with E-state index in [4.69, 9.17) is 4.74 Å². The zero-order valence-electron chi connectivity index (χ0n) is 9.51. The van der Waals surface area contributed by atoms with E-state index in [1.165, 1.54) is 6.42 Å². The molecule has 0 spiro atoms. The molecule has 0 aromatic heterocycles. The van der Waals surface area contributed by atoms with Gasteiger partial charge in [-0.25, -0.2) is 0 Å². The van der Waals surface area contributed by atoms with Gasteiger partial charge in [-0.15, -0.1) is 0 Å². The van der Waals surface area contributed by atoms with Gasteiger partial charge in [0, 0.05) is 26.6 Å². The Labute approximate surface area is 86.4 Å². The fourth-order valence-corrected chi connectivity index (χ4v) is 1.98. The van der Waals surface area contributed by atoms with Gasteiger partial charge in [0.05, 0.1) is 5.60 Å². The van der Waals surface area contributed by atoms with Crippen molar-refractivity contribution in [2.24, 2.45) is 0 Å². The van der Waals surface area contributed by atoms with E-state index < -0.39 is 0 Å². The third-order valence-electron chi connectivity index (χ3n) is 3.01. The molecule has 1 aliphatic rings. The van der Waals surface area contributed by atoms with Crippen LogP contribution < -0.4 is 0 Å². The van der Waals surface area contributed by atoms with E-state index in [1.54, 1.807) is 14.0 Å². The van der Waals surface area contributed by atoms with Crippen molar-refractivity contribution in [3.05, 3.63) is 0 Å². The van der Waals surface area contributed by atoms with Crippen molar-refractivity contribution in [3.8, 4) is 0 Å². The van der Waals surface area contributed by atoms with Gasteiger partial charge in [-0.05, 0) is 33.2 Å². The molecule has 0 amide bonds. The lowest BCUT2D eigenvalue weighted by molar-refractivity contribution is -0.117. The Kier molecular flexibility index (Phi) is 4.08. The Bertz CT molecular complexity index is 205. The largest absolute Gasteiger partial charge is 0.377 e. The van der Waals surface area contributed by atoms with Crippen LogP contribution in [-0.2, 0) is 9.53 Å². The maximum Gasteiger partial charge on any atom is 0.131 e. The zero-order valence-corrected chi connectivity index (χ0v) is 9.51. The summed E-state index contributed by atoms with van der Waals surface area (Å²) in [6.07, 6.45) is 2.96. The van der Waals surface area contributed by atoms with Crippen LogP contribution in [0.25, 0.3) is 0 Å². The predicted molar refractivity (Wildman–Crippen MR) is 56.4 cm³/mol. The summed E-state index contributed by atoms with van der Waals surface area (Å²) in [6.45, 7) is 6.74. The maximum atomic E-state index is 10.9. The van der Waals surface area contributed by atoms with Crippen molar-refractivity contribution in [2.75, 3.05) is 26.7 Å². The Morgan fingerprint density at radius 3 is 2.86 bits per heavy atom. The topological polar surface area (TPSA) is 29.5 Å². The summed E-state index contributed by atoms with van der Waals surface area (Å²) in [5.41, 5.74) is -0.00492. The van der Waals surface area contributed by atoms with Crippen molar-refractivity contribution < 1.29 is 9.53 Å². The van der Waals surface area contributed by atoms with Crippen LogP contribution in [0.3, 0.4) is 0 Å². The second-order valence-electron chi connectivity index (χ2n) is 4.49. The van der Waals surface area contributed by atoms with Gasteiger partial charge in [-0.3, -0.25) is 4.79 Å². The number of Topliss-reactive ketones (excluding diaryl/α,β-unsaturated/α-hetero) is 1. The lowest BCUT2D eigenvalue weighted by atomic mass is 9.94. The van der Waals surface area contributed by atoms with Gasteiger partial charge >= 0.3 is 0 Å². The molecular formula is C11H21NO2. The Morgan fingerprint density at radius 1 is 1.57 bits per heavy atom. The molecule has 0 bridgehead atoms. The highest BCUT2D eigenvalue weighted by Crippen LogP contribution is 2.23. The minimum absolute atomic E-state index is 0.00492. The van der Waals surface area contributed by atoms with E-state index in [0.29, 0.717) is 6.42 Å². The van der Waals surface area contributed by atoms with Crippen LogP contribution in [0.15, 0.2) is 0 Å². The Morgan fingerprint density at radius 2 is 2.29 bits per heavy atom. The van der Waals surface area contributed by atoms with E-state index in [2.05, 4.69) is 11.8 Å². The number of ether oxygens (including phenoxy) is 1. The lowest BCUT2D eigenvalue weighted by Gasteiger charge is -2.39. The van der Waals surface area contributed by atoms with Crippen LogP contribution in [0.5, 0.6) is 0 Å². The SMILES string of the molecule is COC1(C)CCCN(CCC(C)=O)C1. The number of piperidine rings is 1. The number of hydrogen-bond acceptors (Lipinski definition) is 3. The highest BCUT2D eigenvalue weighted by atomic mass is 16.5. The third kappa shape index (κ3) is 3.39. The fourth-order valence-electron chi connectivity index (χ4n) is 1.98. The van der Waals surface area contributed by atoms with E-state index in [0.717, 1.165) is 26.1 Å². The van der Waals surface area contributed by atoms with Crippen molar-refractivity contribution in [1.82, 2.24) is 4.90 Å². The van der Waals surface area contributed by atoms with E-state index in [9.17, 15) is 4.79 Å². The molecule has 0 saturated carbocycles. The van der Waals surface area contributed by atoms with E-state index in [1.807, 2.05) is 0 Å². The van der Waals surface area contributed by atoms with Crippen LogP contribution in [0.1, 0.15) is 33.1 Å². The molecule has 1 fully saturated rings. The number of methoxy groups -OCH3 is 1. The predicted octanol–water partition coefficient (Wildman–Crippen LogP) is 1.47.